The molecular formula is C13H22N4O3S2. The lowest BCUT2D eigenvalue weighted by atomic mass is 10.1. The molecule has 2 rings (SSSR count). The van der Waals surface area contributed by atoms with Crippen LogP contribution in [0.15, 0.2) is 5.16 Å². The topological polar surface area (TPSA) is 93.9 Å². The zero-order chi connectivity index (χ0) is 16.5. The van der Waals surface area contributed by atoms with E-state index in [1.807, 2.05) is 27.8 Å². The van der Waals surface area contributed by atoms with Gasteiger partial charge in [0.05, 0.1) is 17.3 Å². The first-order valence-corrected chi connectivity index (χ1v) is 9.91. The Balaban J connectivity index is 1.98. The number of nitrogens with one attached hydrogen (secondary N) is 1. The third-order valence-corrected chi connectivity index (χ3v) is 6.10. The van der Waals surface area contributed by atoms with Gasteiger partial charge in [0.1, 0.15) is 5.82 Å². The van der Waals surface area contributed by atoms with E-state index in [0.717, 1.165) is 0 Å². The number of rotatable bonds is 4. The third-order valence-electron chi connectivity index (χ3n) is 3.31. The minimum atomic E-state index is -2.95. The van der Waals surface area contributed by atoms with Crippen LogP contribution < -0.4 is 5.32 Å². The summed E-state index contributed by atoms with van der Waals surface area (Å²) in [5, 5.41) is 11.7. The maximum Gasteiger partial charge on any atom is 0.230 e. The van der Waals surface area contributed by atoms with Crippen LogP contribution >= 0.6 is 11.8 Å². The molecule has 1 aliphatic heterocycles. The number of hydrogen-bond donors (Lipinski definition) is 1. The van der Waals surface area contributed by atoms with Crippen molar-refractivity contribution < 1.29 is 13.2 Å². The summed E-state index contributed by atoms with van der Waals surface area (Å²) in [7, 11) is -1.14. The highest BCUT2D eigenvalue weighted by Gasteiger charge is 2.32. The summed E-state index contributed by atoms with van der Waals surface area (Å²) in [5.41, 5.74) is -0.263. The molecule has 1 fully saturated rings. The number of carbonyl (C=O) groups excluding carboxylic acids is 1. The van der Waals surface area contributed by atoms with Gasteiger partial charge < -0.3 is 9.88 Å². The van der Waals surface area contributed by atoms with Crippen LogP contribution in [0.2, 0.25) is 0 Å². The number of hydrogen-bond acceptors (Lipinski definition) is 6. The Labute approximate surface area is 135 Å². The van der Waals surface area contributed by atoms with E-state index >= 15 is 0 Å². The van der Waals surface area contributed by atoms with Gasteiger partial charge in [0.2, 0.25) is 5.91 Å². The molecule has 0 aliphatic carbocycles. The summed E-state index contributed by atoms with van der Waals surface area (Å²) in [6.45, 7) is 5.78. The molecule has 9 heteroatoms. The molecule has 1 amide bonds. The van der Waals surface area contributed by atoms with Gasteiger partial charge in [-0.15, -0.1) is 10.2 Å². The highest BCUT2D eigenvalue weighted by molar-refractivity contribution is 7.99. The quantitative estimate of drug-likeness (QED) is 0.808. The van der Waals surface area contributed by atoms with Crippen molar-refractivity contribution in [2.75, 3.05) is 17.3 Å². The van der Waals surface area contributed by atoms with Gasteiger partial charge in [0, 0.05) is 18.5 Å². The Hall–Kier alpha value is -1.09. The molecule has 1 aliphatic rings. The van der Waals surface area contributed by atoms with E-state index < -0.39 is 9.84 Å². The molecule has 1 N–H and O–H groups in total. The molecule has 1 saturated heterocycles. The standard InChI is InChI=1S/C13H22N4O3S2/c1-13(2,3)14-10(18)7-21-12-16-15-11(17(12)4)9-5-6-22(19,20)8-9/h9H,5-8H2,1-4H3,(H,14,18)/t9-/m1/s1. The highest BCUT2D eigenvalue weighted by atomic mass is 32.2. The van der Waals surface area contributed by atoms with E-state index in [4.69, 9.17) is 0 Å². The van der Waals surface area contributed by atoms with Crippen molar-refractivity contribution >= 4 is 27.5 Å². The molecule has 22 heavy (non-hydrogen) atoms. The Morgan fingerprint density at radius 2 is 2.09 bits per heavy atom. The molecule has 0 saturated carbocycles. The SMILES string of the molecule is Cn1c(SCC(=O)NC(C)(C)C)nnc1[C@@H]1CCS(=O)(=O)C1. The van der Waals surface area contributed by atoms with Crippen LogP contribution in [0.4, 0.5) is 0 Å². The number of sulfone groups is 1. The molecule has 2 heterocycles. The number of carbonyl (C=O) groups is 1. The fourth-order valence-corrected chi connectivity index (χ4v) is 4.85. The Morgan fingerprint density at radius 3 is 2.64 bits per heavy atom. The number of aromatic nitrogens is 3. The third kappa shape index (κ3) is 4.45. The van der Waals surface area contributed by atoms with Crippen molar-refractivity contribution in [1.82, 2.24) is 20.1 Å². The summed E-state index contributed by atoms with van der Waals surface area (Å²) >= 11 is 1.30. The Bertz CT molecular complexity index is 661. The second-order valence-electron chi connectivity index (χ2n) is 6.59. The smallest absolute Gasteiger partial charge is 0.230 e. The number of thioether (sulfide) groups is 1. The van der Waals surface area contributed by atoms with Gasteiger partial charge in [-0.3, -0.25) is 4.79 Å². The highest BCUT2D eigenvalue weighted by Crippen LogP contribution is 2.29. The van der Waals surface area contributed by atoms with Crippen LogP contribution in [-0.4, -0.2) is 51.9 Å². The van der Waals surface area contributed by atoms with Crippen LogP contribution in [0.1, 0.15) is 38.9 Å². The number of nitrogens with zero attached hydrogens (tertiary/aromatic N) is 3. The van der Waals surface area contributed by atoms with Crippen molar-refractivity contribution in [3.8, 4) is 0 Å². The molecule has 1 aromatic heterocycles. The van der Waals surface area contributed by atoms with E-state index in [2.05, 4.69) is 15.5 Å². The van der Waals surface area contributed by atoms with Crippen LogP contribution in [0.5, 0.6) is 0 Å². The second-order valence-corrected chi connectivity index (χ2v) is 9.76. The molecule has 1 atom stereocenters. The molecule has 7 nitrogen and oxygen atoms in total. The van der Waals surface area contributed by atoms with Crippen molar-refractivity contribution in [3.05, 3.63) is 5.82 Å². The van der Waals surface area contributed by atoms with Crippen molar-refractivity contribution in [3.63, 3.8) is 0 Å². The van der Waals surface area contributed by atoms with Crippen molar-refractivity contribution in [1.29, 1.82) is 0 Å². The maximum atomic E-state index is 11.8. The van der Waals surface area contributed by atoms with E-state index in [1.165, 1.54) is 11.8 Å². The molecule has 0 aromatic carbocycles. The minimum Gasteiger partial charge on any atom is -0.351 e. The second kappa shape index (κ2) is 6.19. The van der Waals surface area contributed by atoms with Crippen LogP contribution in [-0.2, 0) is 21.7 Å². The lowest BCUT2D eigenvalue weighted by Crippen LogP contribution is -2.41. The van der Waals surface area contributed by atoms with Gasteiger partial charge in [0.15, 0.2) is 15.0 Å². The van der Waals surface area contributed by atoms with E-state index in [0.29, 0.717) is 17.4 Å². The van der Waals surface area contributed by atoms with Crippen LogP contribution in [0.3, 0.4) is 0 Å². The minimum absolute atomic E-state index is 0.0644. The predicted octanol–water partition coefficient (Wildman–Crippen LogP) is 0.724. The molecule has 0 unspecified atom stereocenters. The number of amides is 1. The summed E-state index contributed by atoms with van der Waals surface area (Å²) in [4.78, 5) is 11.8. The largest absolute Gasteiger partial charge is 0.351 e. The molecule has 0 bridgehead atoms. The molecule has 0 spiro atoms. The molecular weight excluding hydrogens is 324 g/mol. The van der Waals surface area contributed by atoms with Gasteiger partial charge in [-0.25, -0.2) is 8.42 Å². The van der Waals surface area contributed by atoms with Crippen molar-refractivity contribution in [2.45, 2.75) is 43.8 Å². The first kappa shape index (κ1) is 17.3. The molecule has 1 aromatic rings. The monoisotopic (exact) mass is 346 g/mol. The average Bonchev–Trinajstić information content (AvgIpc) is 2.88. The summed E-state index contributed by atoms with van der Waals surface area (Å²) in [5.74, 6) is 1.12. The fraction of sp³-hybridized carbons (Fsp3) is 0.769. The summed E-state index contributed by atoms with van der Waals surface area (Å²) in [6, 6.07) is 0. The summed E-state index contributed by atoms with van der Waals surface area (Å²) < 4.78 is 24.9. The van der Waals surface area contributed by atoms with Gasteiger partial charge >= 0.3 is 0 Å². The first-order valence-electron chi connectivity index (χ1n) is 7.11. The fourth-order valence-electron chi connectivity index (χ4n) is 2.39. The van der Waals surface area contributed by atoms with Gasteiger partial charge in [-0.1, -0.05) is 11.8 Å². The van der Waals surface area contributed by atoms with Crippen LogP contribution in [0, 0.1) is 0 Å². The zero-order valence-electron chi connectivity index (χ0n) is 13.3. The lowest BCUT2D eigenvalue weighted by Gasteiger charge is -2.20. The van der Waals surface area contributed by atoms with E-state index in [9.17, 15) is 13.2 Å². The Kier molecular flexibility index (Phi) is 4.86. The average molecular weight is 346 g/mol. The molecule has 0 radical (unpaired) electrons. The maximum absolute atomic E-state index is 11.8. The van der Waals surface area contributed by atoms with E-state index in [-0.39, 0.29) is 34.6 Å². The predicted molar refractivity (Wildman–Crippen MR) is 85.6 cm³/mol. The van der Waals surface area contributed by atoms with E-state index in [1.54, 1.807) is 4.57 Å². The van der Waals surface area contributed by atoms with Gasteiger partial charge in [0.25, 0.3) is 0 Å². The Morgan fingerprint density at radius 1 is 1.41 bits per heavy atom. The molecule has 124 valence electrons. The van der Waals surface area contributed by atoms with Gasteiger partial charge in [-0.2, -0.15) is 0 Å². The first-order chi connectivity index (χ1) is 10.1. The zero-order valence-corrected chi connectivity index (χ0v) is 14.9. The normalized spacial score (nSPS) is 21.0. The van der Waals surface area contributed by atoms with Gasteiger partial charge in [-0.05, 0) is 27.2 Å². The summed E-state index contributed by atoms with van der Waals surface area (Å²) in [6.07, 6.45) is 0.587. The van der Waals surface area contributed by atoms with Crippen molar-refractivity contribution in [2.24, 2.45) is 7.05 Å². The van der Waals surface area contributed by atoms with Crippen LogP contribution in [0.25, 0.3) is 0 Å². The lowest BCUT2D eigenvalue weighted by molar-refractivity contribution is -0.119.